The van der Waals surface area contributed by atoms with Gasteiger partial charge in [0.1, 0.15) is 40.4 Å². The molecule has 2 aromatic heterocycles. The summed E-state index contributed by atoms with van der Waals surface area (Å²) in [5, 5.41) is 21.1. The molecule has 9 aromatic rings. The van der Waals surface area contributed by atoms with Crippen LogP contribution in [0.2, 0.25) is 0 Å². The predicted molar refractivity (Wildman–Crippen MR) is 299 cm³/mol. The summed E-state index contributed by atoms with van der Waals surface area (Å²) in [5.41, 5.74) is 14.7. The summed E-state index contributed by atoms with van der Waals surface area (Å²) in [6.45, 7) is 5.80. The van der Waals surface area contributed by atoms with Gasteiger partial charge in [-0.1, -0.05) is 194 Å². The average Bonchev–Trinajstić information content (AvgIpc) is 4.34. The van der Waals surface area contributed by atoms with E-state index in [4.69, 9.17) is 19.6 Å². The fourth-order valence-electron chi connectivity index (χ4n) is 10.9. The van der Waals surface area contributed by atoms with Crippen molar-refractivity contribution in [1.29, 1.82) is 0 Å². The van der Waals surface area contributed by atoms with Gasteiger partial charge in [-0.3, -0.25) is 20.0 Å². The fourth-order valence-corrected chi connectivity index (χ4v) is 10.9. The Morgan fingerprint density at radius 2 is 1.18 bits per heavy atom. The lowest BCUT2D eigenvalue weighted by atomic mass is 9.76. The Morgan fingerprint density at radius 1 is 0.662 bits per heavy atom. The van der Waals surface area contributed by atoms with Crippen LogP contribution in [0, 0.1) is 0 Å². The lowest BCUT2D eigenvalue weighted by Gasteiger charge is -2.43. The molecule has 2 aliphatic rings. The maximum atomic E-state index is 13.0. The van der Waals surface area contributed by atoms with E-state index in [9.17, 15) is 14.7 Å². The smallest absolute Gasteiger partial charge is 0.411 e. The number of carbonyl (C=O) groups is 2. The van der Waals surface area contributed by atoms with Gasteiger partial charge in [0.15, 0.2) is 5.82 Å². The summed E-state index contributed by atoms with van der Waals surface area (Å²) < 4.78 is 13.8. The van der Waals surface area contributed by atoms with E-state index >= 15 is 0 Å². The molecule has 4 heterocycles. The Labute approximate surface area is 448 Å². The summed E-state index contributed by atoms with van der Waals surface area (Å²) in [7, 11) is 0. The summed E-state index contributed by atoms with van der Waals surface area (Å²) in [5.74, 6) is 0.822. The van der Waals surface area contributed by atoms with E-state index in [-0.39, 0.29) is 13.0 Å². The number of likely N-dealkylation sites (tertiary alicyclic amines) is 1. The lowest BCUT2D eigenvalue weighted by molar-refractivity contribution is -0.142. The number of aromatic nitrogens is 3. The summed E-state index contributed by atoms with van der Waals surface area (Å²) in [4.78, 5) is 32.2. The third-order valence-corrected chi connectivity index (χ3v) is 14.2. The van der Waals surface area contributed by atoms with Gasteiger partial charge < -0.3 is 19.9 Å². The van der Waals surface area contributed by atoms with Crippen molar-refractivity contribution in [3.63, 3.8) is 0 Å². The molecule has 1 saturated heterocycles. The van der Waals surface area contributed by atoms with Gasteiger partial charge in [-0.15, -0.1) is 5.53 Å². The first kappa shape index (κ1) is 50.0. The largest absolute Gasteiger partial charge is 0.488 e. The Morgan fingerprint density at radius 3 is 1.69 bits per heavy atom. The highest BCUT2D eigenvalue weighted by Crippen LogP contribution is 2.49. The first-order valence-corrected chi connectivity index (χ1v) is 25.9. The zero-order valence-electron chi connectivity index (χ0n) is 43.2. The van der Waals surface area contributed by atoms with Crippen molar-refractivity contribution >= 4 is 29.4 Å². The normalized spacial score (nSPS) is 15.4. The van der Waals surface area contributed by atoms with Crippen LogP contribution in [0.4, 0.5) is 22.1 Å². The van der Waals surface area contributed by atoms with Crippen LogP contribution >= 0.6 is 0 Å². The number of hydrogen-bond acceptors (Lipinski definition) is 10. The van der Waals surface area contributed by atoms with Crippen molar-refractivity contribution in [3.05, 3.63) is 275 Å². The molecule has 0 radical (unpaired) electrons. The average molecular weight is 1020 g/mol. The Balaban J connectivity index is 0.982. The van der Waals surface area contributed by atoms with Crippen LogP contribution in [0.1, 0.15) is 77.3 Å². The van der Waals surface area contributed by atoms with E-state index in [1.807, 2.05) is 71.5 Å². The number of nitrogens with zero attached hydrogens (tertiary/aromatic N) is 5. The van der Waals surface area contributed by atoms with Gasteiger partial charge >= 0.3 is 12.1 Å². The molecule has 0 spiro atoms. The van der Waals surface area contributed by atoms with Crippen molar-refractivity contribution in [2.24, 2.45) is 0 Å². The molecule has 0 bridgehead atoms. The molecule has 1 fully saturated rings. The van der Waals surface area contributed by atoms with Gasteiger partial charge in [0.25, 0.3) is 0 Å². The summed E-state index contributed by atoms with van der Waals surface area (Å²) in [6.07, 6.45) is 3.39. The monoisotopic (exact) mass is 1020 g/mol. The SMILES string of the molecule is CC(C)(C)OC(=O)N1C[C@H](Oc2cccc(Cn3cc(Cc4cc(NC(c5ccccc5)(c5ccccc5)c5ccccc5)nc5c4NNN5C(c4ccccc4)(c4ccccc4)c4ccccc4)cn3)c2)C[C@H]1C(=O)O. The minimum absolute atomic E-state index is 0.0915. The van der Waals surface area contributed by atoms with Gasteiger partial charge in [-0.25, -0.2) is 14.6 Å². The molecule has 0 saturated carbocycles. The summed E-state index contributed by atoms with van der Waals surface area (Å²) >= 11 is 0. The molecular formula is C64H60N8O5. The maximum Gasteiger partial charge on any atom is 0.411 e. The number of hydrogen-bond donors (Lipinski definition) is 4. The Bertz CT molecular complexity index is 3280. The van der Waals surface area contributed by atoms with E-state index in [0.29, 0.717) is 30.4 Å². The number of carboxylic acids is 1. The molecule has 2 aliphatic heterocycles. The van der Waals surface area contributed by atoms with Crippen LogP contribution in [0.5, 0.6) is 5.75 Å². The number of carbonyl (C=O) groups excluding carboxylic acids is 1. The van der Waals surface area contributed by atoms with Gasteiger partial charge in [0.2, 0.25) is 0 Å². The second-order valence-electron chi connectivity index (χ2n) is 20.6. The number of aliphatic carboxylic acids is 1. The van der Waals surface area contributed by atoms with Gasteiger partial charge in [-0.2, -0.15) is 5.10 Å². The number of pyridine rings is 1. The molecule has 1 amide bonds. The number of rotatable bonds is 16. The number of anilines is 3. The highest BCUT2D eigenvalue weighted by molar-refractivity contribution is 5.82. The fraction of sp³-hybridized carbons (Fsp3) is 0.188. The third kappa shape index (κ3) is 10.1. The van der Waals surface area contributed by atoms with Crippen LogP contribution < -0.4 is 26.0 Å². The second kappa shape index (κ2) is 21.2. The molecular weight excluding hydrogens is 961 g/mol. The van der Waals surface area contributed by atoms with Crippen LogP contribution in [-0.4, -0.2) is 61.1 Å². The lowest BCUT2D eigenvalue weighted by Crippen LogP contribution is -2.54. The number of amides is 1. The number of benzene rings is 7. The van der Waals surface area contributed by atoms with E-state index in [2.05, 4.69) is 179 Å². The highest BCUT2D eigenvalue weighted by Gasteiger charge is 2.48. The second-order valence-corrected chi connectivity index (χ2v) is 20.6. The van der Waals surface area contributed by atoms with Crippen molar-refractivity contribution in [2.75, 3.05) is 22.3 Å². The third-order valence-electron chi connectivity index (χ3n) is 14.2. The van der Waals surface area contributed by atoms with E-state index in [0.717, 1.165) is 55.8 Å². The standard InChI is InChI=1S/C64H60N8O5/c1-62(2,3)77-61(75)71-44-55(40-56(71)60(73)74)76-54-36-22-23-45(38-54)42-70-43-46(41-65-70)37-47-39-57(67-63(48-24-10-4-11-25-48,49-26-12-5-13-27-49)50-28-14-6-15-29-50)66-59-58(47)68-69-72(59)64(51-30-16-7-17-31-51,52-32-18-8-19-33-52)53-34-20-9-21-35-53/h4-36,38-39,41,43,55-56,68-69H,37,40,42,44H2,1-3H3,(H,66,67)(H,73,74)/t55-,56+/m1/s1. The molecule has 11 rings (SSSR count). The molecule has 2 atom stereocenters. The van der Waals surface area contributed by atoms with Crippen LogP contribution in [0.15, 0.2) is 225 Å². The number of fused-ring (bicyclic) bond motifs is 1. The quantitative estimate of drug-likeness (QED) is 0.0686. The minimum Gasteiger partial charge on any atom is -0.488 e. The number of carboxylic acid groups (broad SMARTS) is 1. The highest BCUT2D eigenvalue weighted by atomic mass is 16.6. The van der Waals surface area contributed by atoms with Crippen LogP contribution in [0.3, 0.4) is 0 Å². The number of ether oxygens (including phenoxy) is 2. The predicted octanol–water partition coefficient (Wildman–Crippen LogP) is 11.8. The zero-order chi connectivity index (χ0) is 53.0. The Kier molecular flexibility index (Phi) is 13.8. The number of hydrazine groups is 2. The summed E-state index contributed by atoms with van der Waals surface area (Å²) in [6, 6.07) is 72.1. The first-order valence-electron chi connectivity index (χ1n) is 25.9. The van der Waals surface area contributed by atoms with Crippen molar-refractivity contribution in [3.8, 4) is 5.75 Å². The van der Waals surface area contributed by atoms with Crippen LogP contribution in [-0.2, 0) is 33.6 Å². The zero-order valence-corrected chi connectivity index (χ0v) is 43.2. The van der Waals surface area contributed by atoms with E-state index in [1.165, 1.54) is 4.90 Å². The van der Waals surface area contributed by atoms with Gasteiger partial charge in [0.05, 0.1) is 25.0 Å². The van der Waals surface area contributed by atoms with E-state index in [1.54, 1.807) is 20.8 Å². The number of nitrogens with one attached hydrogen (secondary N) is 3. The Hall–Kier alpha value is -9.20. The topological polar surface area (TPSA) is 146 Å². The molecule has 0 unspecified atom stereocenters. The molecule has 77 heavy (non-hydrogen) atoms. The molecule has 4 N–H and O–H groups in total. The molecule has 13 nitrogen and oxygen atoms in total. The molecule has 7 aromatic carbocycles. The molecule has 0 aliphatic carbocycles. The molecule has 13 heteroatoms. The van der Waals surface area contributed by atoms with Crippen molar-refractivity contribution in [2.45, 2.75) is 69.0 Å². The van der Waals surface area contributed by atoms with Crippen molar-refractivity contribution < 1.29 is 24.2 Å². The first-order chi connectivity index (χ1) is 37.5. The van der Waals surface area contributed by atoms with Crippen molar-refractivity contribution in [1.82, 2.24) is 25.2 Å². The van der Waals surface area contributed by atoms with Gasteiger partial charge in [0, 0.05) is 19.0 Å². The minimum atomic E-state index is -1.10. The molecule has 386 valence electrons. The van der Waals surface area contributed by atoms with E-state index < -0.39 is 40.9 Å². The van der Waals surface area contributed by atoms with Gasteiger partial charge in [-0.05, 0) is 89.0 Å². The van der Waals surface area contributed by atoms with Crippen LogP contribution in [0.25, 0.3) is 0 Å². The maximum absolute atomic E-state index is 13.0.